The SMILES string of the molecule is NC(=O)c1cnc2c(c1NC1CCN(c3cnc(N)cn3)CC1)CCN2. The number of aromatic nitrogens is 3. The quantitative estimate of drug-likeness (QED) is 0.627. The Kier molecular flexibility index (Phi) is 4.19. The highest BCUT2D eigenvalue weighted by atomic mass is 16.1. The Morgan fingerprint density at radius 1 is 1.19 bits per heavy atom. The average molecular weight is 354 g/mol. The summed E-state index contributed by atoms with van der Waals surface area (Å²) in [4.78, 5) is 26.8. The normalized spacial score (nSPS) is 16.8. The lowest BCUT2D eigenvalue weighted by Gasteiger charge is -2.34. The summed E-state index contributed by atoms with van der Waals surface area (Å²) in [5, 5.41) is 6.79. The molecule has 6 N–H and O–H groups in total. The Labute approximate surface area is 151 Å². The number of hydrogen-bond donors (Lipinski definition) is 4. The molecule has 0 aromatic carbocycles. The van der Waals surface area contributed by atoms with Crippen LogP contribution >= 0.6 is 0 Å². The van der Waals surface area contributed by atoms with Crippen LogP contribution in [0.4, 0.5) is 23.1 Å². The highest BCUT2D eigenvalue weighted by molar-refractivity contribution is 6.00. The molecule has 9 nitrogen and oxygen atoms in total. The fourth-order valence-corrected chi connectivity index (χ4v) is 3.56. The van der Waals surface area contributed by atoms with Crippen molar-refractivity contribution in [2.75, 3.05) is 40.9 Å². The molecule has 1 fully saturated rings. The molecular weight excluding hydrogens is 332 g/mol. The number of nitrogen functional groups attached to an aromatic ring is 1. The van der Waals surface area contributed by atoms with Crippen molar-refractivity contribution in [3.63, 3.8) is 0 Å². The maximum absolute atomic E-state index is 11.8. The van der Waals surface area contributed by atoms with Gasteiger partial charge in [-0.05, 0) is 19.3 Å². The summed E-state index contributed by atoms with van der Waals surface area (Å²) in [6.07, 6.45) is 7.53. The van der Waals surface area contributed by atoms with E-state index >= 15 is 0 Å². The second-order valence-electron chi connectivity index (χ2n) is 6.62. The van der Waals surface area contributed by atoms with Crippen molar-refractivity contribution in [2.24, 2.45) is 5.73 Å². The molecule has 0 unspecified atom stereocenters. The number of nitrogens with zero attached hydrogens (tertiary/aromatic N) is 4. The first-order valence-electron chi connectivity index (χ1n) is 8.76. The fourth-order valence-electron chi connectivity index (χ4n) is 3.56. The molecule has 2 aromatic heterocycles. The van der Waals surface area contributed by atoms with Gasteiger partial charge in [0.15, 0.2) is 0 Å². The van der Waals surface area contributed by atoms with Crippen LogP contribution in [0.25, 0.3) is 0 Å². The van der Waals surface area contributed by atoms with Gasteiger partial charge in [-0.1, -0.05) is 0 Å². The van der Waals surface area contributed by atoms with E-state index in [0.29, 0.717) is 11.4 Å². The number of fused-ring (bicyclic) bond motifs is 1. The third kappa shape index (κ3) is 3.07. The Morgan fingerprint density at radius 2 is 2.00 bits per heavy atom. The molecule has 9 heteroatoms. The van der Waals surface area contributed by atoms with Gasteiger partial charge in [0, 0.05) is 37.4 Å². The largest absolute Gasteiger partial charge is 0.382 e. The molecule has 136 valence electrons. The summed E-state index contributed by atoms with van der Waals surface area (Å²) in [6, 6.07) is 0.262. The van der Waals surface area contributed by atoms with Crippen molar-refractivity contribution < 1.29 is 4.79 Å². The molecule has 0 radical (unpaired) electrons. The lowest BCUT2D eigenvalue weighted by Crippen LogP contribution is -2.40. The fraction of sp³-hybridized carbons (Fsp3) is 0.412. The smallest absolute Gasteiger partial charge is 0.252 e. The van der Waals surface area contributed by atoms with Gasteiger partial charge in [-0.2, -0.15) is 0 Å². The van der Waals surface area contributed by atoms with Crippen LogP contribution in [0.2, 0.25) is 0 Å². The molecule has 4 heterocycles. The molecule has 26 heavy (non-hydrogen) atoms. The standard InChI is InChI=1S/C17H22N8O/c18-13-8-22-14(9-21-13)25-5-2-10(3-6-25)24-15-11-1-4-20-17(11)23-7-12(15)16(19)26/h7-10H,1-6H2,(H2,18,21)(H2,19,26)(H2,20,23,24). The van der Waals surface area contributed by atoms with Crippen LogP contribution in [0.15, 0.2) is 18.6 Å². The van der Waals surface area contributed by atoms with E-state index in [1.807, 2.05) is 0 Å². The summed E-state index contributed by atoms with van der Waals surface area (Å²) in [7, 11) is 0. The zero-order valence-corrected chi connectivity index (χ0v) is 14.4. The van der Waals surface area contributed by atoms with Crippen LogP contribution in [0.5, 0.6) is 0 Å². The second-order valence-corrected chi connectivity index (χ2v) is 6.62. The van der Waals surface area contributed by atoms with Crippen molar-refractivity contribution in [1.29, 1.82) is 0 Å². The summed E-state index contributed by atoms with van der Waals surface area (Å²) in [5.41, 5.74) is 13.5. The predicted molar refractivity (Wildman–Crippen MR) is 100 cm³/mol. The highest BCUT2D eigenvalue weighted by Gasteiger charge is 2.26. The summed E-state index contributed by atoms with van der Waals surface area (Å²) in [6.45, 7) is 2.54. The van der Waals surface area contributed by atoms with Gasteiger partial charge in [-0.15, -0.1) is 0 Å². The number of hydrogen-bond acceptors (Lipinski definition) is 8. The number of nitrogens with one attached hydrogen (secondary N) is 2. The van der Waals surface area contributed by atoms with Gasteiger partial charge in [0.05, 0.1) is 23.6 Å². The molecule has 0 atom stereocenters. The number of carbonyl (C=O) groups is 1. The molecule has 0 saturated carbocycles. The predicted octanol–water partition coefficient (Wildman–Crippen LogP) is 0.602. The molecule has 0 bridgehead atoms. The van der Waals surface area contributed by atoms with E-state index < -0.39 is 5.91 Å². The molecule has 1 saturated heterocycles. The number of pyridine rings is 1. The zero-order valence-electron chi connectivity index (χ0n) is 14.4. The first kappa shape index (κ1) is 16.4. The summed E-state index contributed by atoms with van der Waals surface area (Å²) in [5.74, 6) is 1.64. The maximum atomic E-state index is 11.8. The Hall–Kier alpha value is -3.10. The molecule has 0 aliphatic carbocycles. The number of anilines is 4. The lowest BCUT2D eigenvalue weighted by atomic mass is 10.0. The van der Waals surface area contributed by atoms with Crippen molar-refractivity contribution in [3.05, 3.63) is 29.7 Å². The minimum absolute atomic E-state index is 0.262. The third-order valence-electron chi connectivity index (χ3n) is 4.94. The van der Waals surface area contributed by atoms with E-state index in [9.17, 15) is 4.79 Å². The molecule has 1 amide bonds. The van der Waals surface area contributed by atoms with Gasteiger partial charge in [0.25, 0.3) is 5.91 Å². The number of piperidine rings is 1. The Balaban J connectivity index is 1.47. The first-order valence-corrected chi connectivity index (χ1v) is 8.76. The van der Waals surface area contributed by atoms with Gasteiger partial charge in [-0.3, -0.25) is 4.79 Å². The summed E-state index contributed by atoms with van der Waals surface area (Å²) >= 11 is 0. The Bertz CT molecular complexity index is 814. The minimum atomic E-state index is -0.454. The number of carbonyl (C=O) groups excluding carboxylic acids is 1. The van der Waals surface area contributed by atoms with Crippen LogP contribution in [0.3, 0.4) is 0 Å². The van der Waals surface area contributed by atoms with Crippen LogP contribution in [-0.4, -0.2) is 46.5 Å². The van der Waals surface area contributed by atoms with E-state index in [0.717, 1.165) is 61.8 Å². The van der Waals surface area contributed by atoms with Crippen LogP contribution in [0, 0.1) is 0 Å². The van der Waals surface area contributed by atoms with E-state index in [-0.39, 0.29) is 6.04 Å². The average Bonchev–Trinajstić information content (AvgIpc) is 3.12. The molecule has 0 spiro atoms. The molecule has 2 aliphatic rings. The van der Waals surface area contributed by atoms with Crippen molar-refractivity contribution in [2.45, 2.75) is 25.3 Å². The molecule has 2 aliphatic heterocycles. The van der Waals surface area contributed by atoms with Gasteiger partial charge >= 0.3 is 0 Å². The number of rotatable bonds is 4. The third-order valence-corrected chi connectivity index (χ3v) is 4.94. The number of nitrogens with two attached hydrogens (primary N) is 2. The highest BCUT2D eigenvalue weighted by Crippen LogP contribution is 2.32. The van der Waals surface area contributed by atoms with Crippen molar-refractivity contribution in [1.82, 2.24) is 15.0 Å². The maximum Gasteiger partial charge on any atom is 0.252 e. The van der Waals surface area contributed by atoms with Gasteiger partial charge in [-0.25, -0.2) is 15.0 Å². The van der Waals surface area contributed by atoms with E-state index in [2.05, 4.69) is 30.5 Å². The molecular formula is C17H22N8O. The zero-order chi connectivity index (χ0) is 18.1. The second kappa shape index (κ2) is 6.66. The molecule has 4 rings (SSSR count). The van der Waals surface area contributed by atoms with Crippen LogP contribution in [-0.2, 0) is 6.42 Å². The van der Waals surface area contributed by atoms with Gasteiger partial charge in [0.1, 0.15) is 17.5 Å². The van der Waals surface area contributed by atoms with Gasteiger partial charge in [0.2, 0.25) is 0 Å². The van der Waals surface area contributed by atoms with Crippen molar-refractivity contribution in [3.8, 4) is 0 Å². The van der Waals surface area contributed by atoms with E-state index in [1.54, 1.807) is 18.6 Å². The Morgan fingerprint density at radius 3 is 2.69 bits per heavy atom. The van der Waals surface area contributed by atoms with Crippen LogP contribution in [0.1, 0.15) is 28.8 Å². The van der Waals surface area contributed by atoms with Gasteiger partial charge < -0.3 is 27.0 Å². The first-order chi connectivity index (χ1) is 12.6. The van der Waals surface area contributed by atoms with Crippen molar-refractivity contribution >= 4 is 29.0 Å². The summed E-state index contributed by atoms with van der Waals surface area (Å²) < 4.78 is 0. The van der Waals surface area contributed by atoms with E-state index in [4.69, 9.17) is 11.5 Å². The topological polar surface area (TPSA) is 135 Å². The number of primary amides is 1. The number of amides is 1. The monoisotopic (exact) mass is 354 g/mol. The minimum Gasteiger partial charge on any atom is -0.382 e. The van der Waals surface area contributed by atoms with Crippen LogP contribution < -0.4 is 27.0 Å². The lowest BCUT2D eigenvalue weighted by molar-refractivity contribution is 0.100. The molecule has 2 aromatic rings. The van der Waals surface area contributed by atoms with E-state index in [1.165, 1.54) is 0 Å².